The summed E-state index contributed by atoms with van der Waals surface area (Å²) in [5.41, 5.74) is 6.30. The van der Waals surface area contributed by atoms with Crippen LogP contribution in [0.5, 0.6) is 0 Å². The van der Waals surface area contributed by atoms with E-state index >= 15 is 0 Å². The van der Waals surface area contributed by atoms with Crippen molar-refractivity contribution >= 4 is 48.6 Å². The Labute approximate surface area is 87.5 Å². The smallest absolute Gasteiger partial charge is 0.153 e. The average Bonchev–Trinajstić information content (AvgIpc) is 2.43. The molecular weight excluding hydrogens is 250 g/mol. The lowest BCUT2D eigenvalue weighted by Gasteiger charge is -1.91. The second kappa shape index (κ2) is 3.12. The van der Waals surface area contributed by atoms with Crippen LogP contribution in [0.4, 0.5) is 5.00 Å². The lowest BCUT2D eigenvalue weighted by Crippen LogP contribution is -1.85. The maximum Gasteiger partial charge on any atom is 0.153 e. The molecule has 1 aromatic carbocycles. The van der Waals surface area contributed by atoms with E-state index in [0.717, 1.165) is 20.8 Å². The summed E-state index contributed by atoms with van der Waals surface area (Å²) in [6, 6.07) is 5.73. The minimum Gasteiger partial charge on any atom is -0.390 e. The molecule has 0 radical (unpaired) electrons. The van der Waals surface area contributed by atoms with Gasteiger partial charge in [0.15, 0.2) is 6.29 Å². The number of thiophene rings is 1. The highest BCUT2D eigenvalue weighted by molar-refractivity contribution is 9.10. The summed E-state index contributed by atoms with van der Waals surface area (Å²) in [6.45, 7) is 0. The molecule has 2 aromatic rings. The zero-order chi connectivity index (χ0) is 9.42. The van der Waals surface area contributed by atoms with E-state index in [1.807, 2.05) is 18.2 Å². The topological polar surface area (TPSA) is 43.1 Å². The summed E-state index contributed by atoms with van der Waals surface area (Å²) in [6.07, 6.45) is 0.806. The number of aldehydes is 1. The first kappa shape index (κ1) is 8.72. The summed E-state index contributed by atoms with van der Waals surface area (Å²) in [5.74, 6) is 0. The molecule has 0 aliphatic heterocycles. The van der Waals surface area contributed by atoms with Crippen LogP contribution in [0, 0.1) is 0 Å². The number of hydrogen-bond acceptors (Lipinski definition) is 3. The second-order valence-electron chi connectivity index (χ2n) is 2.61. The normalized spacial score (nSPS) is 10.5. The number of fused-ring (bicyclic) bond motifs is 1. The van der Waals surface area contributed by atoms with Crippen molar-refractivity contribution in [2.24, 2.45) is 0 Å². The van der Waals surface area contributed by atoms with Gasteiger partial charge in [0.05, 0.1) is 15.3 Å². The summed E-state index contributed by atoms with van der Waals surface area (Å²) in [4.78, 5) is 10.7. The number of carbonyl (C=O) groups excluding carboxylic acids is 1. The Morgan fingerprint density at radius 3 is 2.92 bits per heavy atom. The van der Waals surface area contributed by atoms with Gasteiger partial charge in [-0.3, -0.25) is 4.79 Å². The van der Waals surface area contributed by atoms with Crippen molar-refractivity contribution < 1.29 is 4.79 Å². The highest BCUT2D eigenvalue weighted by atomic mass is 79.9. The SMILES string of the molecule is Nc1sc2c(Br)cccc2c1C=O. The van der Waals surface area contributed by atoms with Crippen LogP contribution in [0.1, 0.15) is 10.4 Å². The molecule has 0 atom stereocenters. The second-order valence-corrected chi connectivity index (χ2v) is 4.52. The zero-order valence-electron chi connectivity index (χ0n) is 6.58. The molecule has 1 heterocycles. The summed E-state index contributed by atoms with van der Waals surface area (Å²) >= 11 is 4.84. The van der Waals surface area contributed by atoms with Gasteiger partial charge in [-0.25, -0.2) is 0 Å². The van der Waals surface area contributed by atoms with E-state index in [1.54, 1.807) is 0 Å². The average molecular weight is 256 g/mol. The Hall–Kier alpha value is -0.870. The number of halogens is 1. The van der Waals surface area contributed by atoms with Crippen LogP contribution in [0.2, 0.25) is 0 Å². The van der Waals surface area contributed by atoms with Crippen LogP contribution in [-0.2, 0) is 0 Å². The minimum atomic E-state index is 0.580. The molecule has 0 saturated heterocycles. The van der Waals surface area contributed by atoms with E-state index in [1.165, 1.54) is 11.3 Å². The quantitative estimate of drug-likeness (QED) is 0.797. The van der Waals surface area contributed by atoms with Crippen molar-refractivity contribution in [2.45, 2.75) is 0 Å². The standard InChI is InChI=1S/C9H6BrNOS/c10-7-3-1-2-5-6(4-12)9(11)13-8(5)7/h1-4H,11H2. The van der Waals surface area contributed by atoms with E-state index in [9.17, 15) is 4.79 Å². The highest BCUT2D eigenvalue weighted by Crippen LogP contribution is 2.36. The van der Waals surface area contributed by atoms with Gasteiger partial charge < -0.3 is 5.73 Å². The Balaban J connectivity index is 2.93. The Morgan fingerprint density at radius 1 is 1.46 bits per heavy atom. The first-order chi connectivity index (χ1) is 6.24. The van der Waals surface area contributed by atoms with Crippen molar-refractivity contribution in [1.82, 2.24) is 0 Å². The Bertz CT molecular complexity index is 478. The number of hydrogen-bond donors (Lipinski definition) is 1. The molecule has 13 heavy (non-hydrogen) atoms. The molecule has 2 rings (SSSR count). The number of benzene rings is 1. The fourth-order valence-electron chi connectivity index (χ4n) is 1.24. The summed E-state index contributed by atoms with van der Waals surface area (Å²) in [5, 5.41) is 1.50. The fraction of sp³-hybridized carbons (Fsp3) is 0. The van der Waals surface area contributed by atoms with Crippen molar-refractivity contribution in [2.75, 3.05) is 5.73 Å². The van der Waals surface area contributed by atoms with Crippen LogP contribution < -0.4 is 5.73 Å². The fourth-order valence-corrected chi connectivity index (χ4v) is 2.79. The molecule has 0 aliphatic rings. The number of carbonyl (C=O) groups is 1. The number of nitrogens with two attached hydrogens (primary N) is 1. The van der Waals surface area contributed by atoms with E-state index in [2.05, 4.69) is 15.9 Å². The van der Waals surface area contributed by atoms with Gasteiger partial charge in [0.1, 0.15) is 0 Å². The molecule has 0 spiro atoms. The zero-order valence-corrected chi connectivity index (χ0v) is 8.98. The lowest BCUT2D eigenvalue weighted by atomic mass is 10.2. The van der Waals surface area contributed by atoms with Gasteiger partial charge in [0.25, 0.3) is 0 Å². The van der Waals surface area contributed by atoms with Gasteiger partial charge in [-0.1, -0.05) is 12.1 Å². The number of nitrogen functional groups attached to an aromatic ring is 1. The van der Waals surface area contributed by atoms with E-state index in [-0.39, 0.29) is 0 Å². The molecule has 0 fully saturated rings. The molecule has 1 aromatic heterocycles. The van der Waals surface area contributed by atoms with Gasteiger partial charge in [-0.15, -0.1) is 11.3 Å². The molecule has 2 nitrogen and oxygen atoms in total. The van der Waals surface area contributed by atoms with Gasteiger partial charge in [0.2, 0.25) is 0 Å². The number of rotatable bonds is 1. The summed E-state index contributed by atoms with van der Waals surface area (Å²) < 4.78 is 2.01. The molecule has 0 bridgehead atoms. The first-order valence-electron chi connectivity index (χ1n) is 3.65. The van der Waals surface area contributed by atoms with Crippen molar-refractivity contribution in [3.8, 4) is 0 Å². The predicted molar refractivity (Wildman–Crippen MR) is 59.3 cm³/mol. The van der Waals surface area contributed by atoms with Crippen LogP contribution in [0.15, 0.2) is 22.7 Å². The molecule has 0 unspecified atom stereocenters. The maximum absolute atomic E-state index is 10.7. The number of anilines is 1. The van der Waals surface area contributed by atoms with Crippen molar-refractivity contribution in [3.63, 3.8) is 0 Å². The largest absolute Gasteiger partial charge is 0.390 e. The van der Waals surface area contributed by atoms with Crippen LogP contribution in [0.3, 0.4) is 0 Å². The van der Waals surface area contributed by atoms with Crippen molar-refractivity contribution in [3.05, 3.63) is 28.2 Å². The molecule has 4 heteroatoms. The molecule has 66 valence electrons. The molecule has 0 aliphatic carbocycles. The third-order valence-electron chi connectivity index (χ3n) is 1.85. The first-order valence-corrected chi connectivity index (χ1v) is 5.26. The monoisotopic (exact) mass is 255 g/mol. The Morgan fingerprint density at radius 2 is 2.23 bits per heavy atom. The molecule has 2 N–H and O–H groups in total. The van der Waals surface area contributed by atoms with Gasteiger partial charge >= 0.3 is 0 Å². The van der Waals surface area contributed by atoms with Gasteiger partial charge in [-0.05, 0) is 22.0 Å². The lowest BCUT2D eigenvalue weighted by molar-refractivity contribution is 0.112. The van der Waals surface area contributed by atoms with Crippen LogP contribution in [-0.4, -0.2) is 6.29 Å². The van der Waals surface area contributed by atoms with E-state index in [0.29, 0.717) is 10.6 Å². The Kier molecular flexibility index (Phi) is 2.09. The third-order valence-corrected chi connectivity index (χ3v) is 3.86. The predicted octanol–water partition coefficient (Wildman–Crippen LogP) is 3.06. The molecule has 0 saturated carbocycles. The minimum absolute atomic E-state index is 0.580. The van der Waals surface area contributed by atoms with Crippen LogP contribution in [0.25, 0.3) is 10.1 Å². The van der Waals surface area contributed by atoms with Gasteiger partial charge in [-0.2, -0.15) is 0 Å². The van der Waals surface area contributed by atoms with Crippen LogP contribution >= 0.6 is 27.3 Å². The highest BCUT2D eigenvalue weighted by Gasteiger charge is 2.09. The van der Waals surface area contributed by atoms with Gasteiger partial charge in [0, 0.05) is 9.86 Å². The van der Waals surface area contributed by atoms with Crippen molar-refractivity contribution in [1.29, 1.82) is 0 Å². The summed E-state index contributed by atoms with van der Waals surface area (Å²) in [7, 11) is 0. The maximum atomic E-state index is 10.7. The molecule has 0 amide bonds. The third kappa shape index (κ3) is 1.26. The molecular formula is C9H6BrNOS. The van der Waals surface area contributed by atoms with E-state index in [4.69, 9.17) is 5.73 Å². The van der Waals surface area contributed by atoms with E-state index < -0.39 is 0 Å².